The van der Waals surface area contributed by atoms with E-state index in [1.165, 1.54) is 17.7 Å². The number of amides is 2. The van der Waals surface area contributed by atoms with E-state index < -0.39 is 11.7 Å². The fraction of sp³-hybridized carbons (Fsp3) is 0.350. The summed E-state index contributed by atoms with van der Waals surface area (Å²) in [6.45, 7) is 4.75. The molecule has 1 aliphatic rings. The van der Waals surface area contributed by atoms with Crippen molar-refractivity contribution in [1.82, 2.24) is 4.90 Å². The first-order chi connectivity index (χ1) is 12.8. The maximum atomic E-state index is 12.7. The van der Waals surface area contributed by atoms with Gasteiger partial charge < -0.3 is 10.2 Å². The summed E-state index contributed by atoms with van der Waals surface area (Å²) < 4.78 is 38.2. The minimum Gasteiger partial charge on any atom is -0.308 e. The Morgan fingerprint density at radius 3 is 2.30 bits per heavy atom. The molecule has 0 aliphatic carbocycles. The van der Waals surface area contributed by atoms with Crippen molar-refractivity contribution >= 4 is 23.5 Å². The number of halogens is 3. The molecule has 144 valence electrons. The molecule has 3 rings (SSSR count). The number of nitrogens with zero attached hydrogens (tertiary/aromatic N) is 1. The molecule has 0 radical (unpaired) electrons. The van der Waals surface area contributed by atoms with Gasteiger partial charge in [0.2, 0.25) is 0 Å². The van der Waals surface area contributed by atoms with E-state index in [1.807, 2.05) is 24.3 Å². The van der Waals surface area contributed by atoms with Gasteiger partial charge in [-0.25, -0.2) is 4.79 Å². The summed E-state index contributed by atoms with van der Waals surface area (Å²) in [7, 11) is 0. The molecular weight excluding hydrogens is 373 g/mol. The monoisotopic (exact) mass is 394 g/mol. The smallest absolute Gasteiger partial charge is 0.308 e. The van der Waals surface area contributed by atoms with E-state index in [0.29, 0.717) is 23.7 Å². The van der Waals surface area contributed by atoms with Gasteiger partial charge in [-0.3, -0.25) is 0 Å². The Morgan fingerprint density at radius 2 is 1.74 bits per heavy atom. The van der Waals surface area contributed by atoms with Crippen LogP contribution in [0.25, 0.3) is 0 Å². The summed E-state index contributed by atoms with van der Waals surface area (Å²) in [5.74, 6) is 1.15. The highest BCUT2D eigenvalue weighted by Crippen LogP contribution is 2.39. The van der Waals surface area contributed by atoms with Crippen LogP contribution < -0.4 is 5.32 Å². The van der Waals surface area contributed by atoms with Crippen molar-refractivity contribution in [2.45, 2.75) is 31.3 Å². The number of urea groups is 1. The lowest BCUT2D eigenvalue weighted by Gasteiger charge is -2.25. The highest BCUT2D eigenvalue weighted by atomic mass is 32.2. The summed E-state index contributed by atoms with van der Waals surface area (Å²) in [5, 5.41) is 2.59. The van der Waals surface area contributed by atoms with Gasteiger partial charge >= 0.3 is 12.2 Å². The van der Waals surface area contributed by atoms with Crippen molar-refractivity contribution in [2.75, 3.05) is 17.6 Å². The number of hydrogen-bond acceptors (Lipinski definition) is 2. The van der Waals surface area contributed by atoms with Gasteiger partial charge in [0.1, 0.15) is 5.37 Å². The minimum absolute atomic E-state index is 0.248. The summed E-state index contributed by atoms with van der Waals surface area (Å²) in [6.07, 6.45) is -4.36. The van der Waals surface area contributed by atoms with E-state index in [9.17, 15) is 18.0 Å². The fourth-order valence-electron chi connectivity index (χ4n) is 2.94. The molecule has 0 aromatic heterocycles. The highest BCUT2D eigenvalue weighted by Gasteiger charge is 2.33. The number of carbonyl (C=O) groups is 1. The lowest BCUT2D eigenvalue weighted by Crippen LogP contribution is -2.34. The number of anilines is 1. The van der Waals surface area contributed by atoms with Gasteiger partial charge in [-0.2, -0.15) is 13.2 Å². The topological polar surface area (TPSA) is 32.3 Å². The zero-order valence-corrected chi connectivity index (χ0v) is 15.9. The van der Waals surface area contributed by atoms with Crippen LogP contribution >= 0.6 is 11.8 Å². The molecule has 27 heavy (non-hydrogen) atoms. The van der Waals surface area contributed by atoms with Crippen LogP contribution in [-0.2, 0) is 6.18 Å². The Kier molecular flexibility index (Phi) is 5.69. The Bertz CT molecular complexity index is 788. The van der Waals surface area contributed by atoms with Crippen LogP contribution in [0.15, 0.2) is 48.5 Å². The van der Waals surface area contributed by atoms with E-state index in [-0.39, 0.29) is 11.4 Å². The third-order valence-electron chi connectivity index (χ3n) is 4.50. The number of rotatable bonds is 3. The van der Waals surface area contributed by atoms with E-state index in [4.69, 9.17) is 0 Å². The molecule has 1 saturated heterocycles. The first kappa shape index (κ1) is 19.6. The maximum absolute atomic E-state index is 12.7. The lowest BCUT2D eigenvalue weighted by atomic mass is 10.0. The second kappa shape index (κ2) is 7.84. The Hall–Kier alpha value is -2.15. The molecule has 0 bridgehead atoms. The number of alkyl halides is 3. The van der Waals surface area contributed by atoms with Crippen molar-refractivity contribution in [1.29, 1.82) is 0 Å². The summed E-state index contributed by atoms with van der Waals surface area (Å²) in [6, 6.07) is 12.5. The van der Waals surface area contributed by atoms with Gasteiger partial charge in [0.05, 0.1) is 5.56 Å². The zero-order valence-electron chi connectivity index (χ0n) is 15.1. The lowest BCUT2D eigenvalue weighted by molar-refractivity contribution is -0.137. The summed E-state index contributed by atoms with van der Waals surface area (Å²) in [4.78, 5) is 14.3. The van der Waals surface area contributed by atoms with Crippen LogP contribution in [0.2, 0.25) is 0 Å². The minimum atomic E-state index is -4.36. The number of carbonyl (C=O) groups excluding carboxylic acids is 1. The van der Waals surface area contributed by atoms with Crippen molar-refractivity contribution in [2.24, 2.45) is 0 Å². The number of nitrogens with one attached hydrogen (secondary N) is 1. The largest absolute Gasteiger partial charge is 0.416 e. The summed E-state index contributed by atoms with van der Waals surface area (Å²) >= 11 is 1.55. The Labute approximate surface area is 160 Å². The first-order valence-corrected chi connectivity index (χ1v) is 9.77. The third kappa shape index (κ3) is 4.58. The third-order valence-corrected chi connectivity index (χ3v) is 5.76. The van der Waals surface area contributed by atoms with E-state index >= 15 is 0 Å². The van der Waals surface area contributed by atoms with Gasteiger partial charge in [0, 0.05) is 18.0 Å². The van der Waals surface area contributed by atoms with Crippen LogP contribution in [0.1, 0.15) is 41.8 Å². The van der Waals surface area contributed by atoms with E-state index in [2.05, 4.69) is 19.2 Å². The number of hydrogen-bond donors (Lipinski definition) is 1. The molecule has 3 nitrogen and oxygen atoms in total. The molecule has 7 heteroatoms. The second-order valence-electron chi connectivity index (χ2n) is 6.74. The van der Waals surface area contributed by atoms with Crippen molar-refractivity contribution in [3.63, 3.8) is 0 Å². The predicted octanol–water partition coefficient (Wildman–Crippen LogP) is 6.11. The molecule has 1 aliphatic heterocycles. The quantitative estimate of drug-likeness (QED) is 0.681. The predicted molar refractivity (Wildman–Crippen MR) is 103 cm³/mol. The average Bonchev–Trinajstić information content (AvgIpc) is 3.11. The standard InChI is InChI=1S/C20H21F3N2OS/c1-13(2)14-5-9-17(10-6-14)24-19(26)25-11-12-27-18(25)15-3-7-16(8-4-15)20(21,22)23/h3-10,13,18H,11-12H2,1-2H3,(H,24,26)/t18-/m0/s1. The fourth-order valence-corrected chi connectivity index (χ4v) is 4.19. The number of thioether (sulfide) groups is 1. The molecule has 2 aromatic carbocycles. The molecule has 0 unspecified atom stereocenters. The van der Waals surface area contributed by atoms with Crippen molar-refractivity contribution in [3.05, 3.63) is 65.2 Å². The second-order valence-corrected chi connectivity index (χ2v) is 7.93. The van der Waals surface area contributed by atoms with Crippen LogP contribution in [0.5, 0.6) is 0 Å². The normalized spacial score (nSPS) is 17.4. The van der Waals surface area contributed by atoms with Crippen LogP contribution in [-0.4, -0.2) is 23.2 Å². The Balaban J connectivity index is 1.71. The molecule has 2 aromatic rings. The summed E-state index contributed by atoms with van der Waals surface area (Å²) in [5.41, 5.74) is 1.89. The highest BCUT2D eigenvalue weighted by molar-refractivity contribution is 7.99. The zero-order chi connectivity index (χ0) is 19.6. The van der Waals surface area contributed by atoms with E-state index in [0.717, 1.165) is 17.9 Å². The average molecular weight is 394 g/mol. The SMILES string of the molecule is CC(C)c1ccc(NC(=O)N2CCS[C@H]2c2ccc(C(F)(F)F)cc2)cc1. The van der Waals surface area contributed by atoms with Gasteiger partial charge in [-0.1, -0.05) is 38.1 Å². The number of benzene rings is 2. The molecule has 0 saturated carbocycles. The molecule has 2 amide bonds. The molecule has 0 spiro atoms. The molecule has 1 fully saturated rings. The molecule has 1 heterocycles. The van der Waals surface area contributed by atoms with Gasteiger partial charge in [0.25, 0.3) is 0 Å². The van der Waals surface area contributed by atoms with Crippen LogP contribution in [0.3, 0.4) is 0 Å². The molecule has 1 N–H and O–H groups in total. The van der Waals surface area contributed by atoms with E-state index in [1.54, 1.807) is 16.7 Å². The van der Waals surface area contributed by atoms with Crippen LogP contribution in [0.4, 0.5) is 23.7 Å². The van der Waals surface area contributed by atoms with Crippen LogP contribution in [0, 0.1) is 0 Å². The van der Waals surface area contributed by atoms with Crippen molar-refractivity contribution < 1.29 is 18.0 Å². The molecular formula is C20H21F3N2OS. The van der Waals surface area contributed by atoms with Gasteiger partial charge in [0.15, 0.2) is 0 Å². The first-order valence-electron chi connectivity index (χ1n) is 8.72. The Morgan fingerprint density at radius 1 is 1.11 bits per heavy atom. The van der Waals surface area contributed by atoms with Crippen molar-refractivity contribution in [3.8, 4) is 0 Å². The van der Waals surface area contributed by atoms with Gasteiger partial charge in [-0.05, 0) is 41.3 Å². The molecule has 1 atom stereocenters. The van der Waals surface area contributed by atoms with Gasteiger partial charge in [-0.15, -0.1) is 11.8 Å². The maximum Gasteiger partial charge on any atom is 0.416 e.